The van der Waals surface area contributed by atoms with Gasteiger partial charge in [0, 0.05) is 24.7 Å². The summed E-state index contributed by atoms with van der Waals surface area (Å²) in [7, 11) is 2.13. The van der Waals surface area contributed by atoms with Crippen molar-refractivity contribution in [3.8, 4) is 5.88 Å². The van der Waals surface area contributed by atoms with Gasteiger partial charge in [-0.25, -0.2) is 0 Å². The average molecular weight is 246 g/mol. The first-order valence-electron chi connectivity index (χ1n) is 6.31. The summed E-state index contributed by atoms with van der Waals surface area (Å²) in [5.41, 5.74) is 7.42. The minimum absolute atomic E-state index is 0.225. The lowest BCUT2D eigenvalue weighted by Gasteiger charge is -2.29. The molecule has 0 aliphatic carbocycles. The van der Waals surface area contributed by atoms with Gasteiger partial charge in [-0.05, 0) is 32.0 Å². The number of likely N-dealkylation sites (tertiary alicyclic amines) is 1. The van der Waals surface area contributed by atoms with E-state index >= 15 is 0 Å². The molecule has 1 saturated heterocycles. The second-order valence-electron chi connectivity index (χ2n) is 4.92. The van der Waals surface area contributed by atoms with Crippen LogP contribution in [-0.4, -0.2) is 41.1 Å². The van der Waals surface area contributed by atoms with Gasteiger partial charge < -0.3 is 20.4 Å². The SMILES string of the molecule is CN1CCC(Oc2nc3[nH]ccc3cc2N)CC1. The van der Waals surface area contributed by atoms with Gasteiger partial charge in [0.05, 0.1) is 5.69 Å². The summed E-state index contributed by atoms with van der Waals surface area (Å²) in [6, 6.07) is 3.86. The van der Waals surface area contributed by atoms with Gasteiger partial charge in [-0.1, -0.05) is 0 Å². The third-order valence-corrected chi connectivity index (χ3v) is 3.47. The standard InChI is InChI=1S/C13H18N4O/c1-17-6-3-10(4-7-17)18-13-11(14)8-9-2-5-15-12(9)16-13/h2,5,8,10H,3-4,6-7,14H2,1H3,(H,15,16). The van der Waals surface area contributed by atoms with E-state index in [1.165, 1.54) is 0 Å². The number of H-pyrrole nitrogens is 1. The number of fused-ring (bicyclic) bond motifs is 1. The number of pyridine rings is 1. The van der Waals surface area contributed by atoms with Crippen LogP contribution in [0.3, 0.4) is 0 Å². The molecule has 1 fully saturated rings. The molecule has 0 saturated carbocycles. The van der Waals surface area contributed by atoms with E-state index in [0.717, 1.165) is 37.0 Å². The van der Waals surface area contributed by atoms with E-state index in [2.05, 4.69) is 21.9 Å². The zero-order valence-corrected chi connectivity index (χ0v) is 10.5. The van der Waals surface area contributed by atoms with Crippen LogP contribution in [0.5, 0.6) is 5.88 Å². The number of nitrogens with zero attached hydrogens (tertiary/aromatic N) is 2. The highest BCUT2D eigenvalue weighted by Crippen LogP contribution is 2.26. The largest absolute Gasteiger partial charge is 0.473 e. The Labute approximate surface area is 106 Å². The van der Waals surface area contributed by atoms with Crippen LogP contribution in [0.25, 0.3) is 11.0 Å². The number of ether oxygens (including phenoxy) is 1. The lowest BCUT2D eigenvalue weighted by molar-refractivity contribution is 0.111. The molecule has 2 aromatic rings. The highest BCUT2D eigenvalue weighted by atomic mass is 16.5. The van der Waals surface area contributed by atoms with Gasteiger partial charge in [0.15, 0.2) is 0 Å². The fourth-order valence-electron chi connectivity index (χ4n) is 2.34. The molecule has 3 N–H and O–H groups in total. The second-order valence-corrected chi connectivity index (χ2v) is 4.92. The summed E-state index contributed by atoms with van der Waals surface area (Å²) in [6.45, 7) is 2.13. The summed E-state index contributed by atoms with van der Waals surface area (Å²) in [6.07, 6.45) is 4.14. The van der Waals surface area contributed by atoms with Crippen LogP contribution in [0, 0.1) is 0 Å². The van der Waals surface area contributed by atoms with Gasteiger partial charge >= 0.3 is 0 Å². The zero-order valence-electron chi connectivity index (χ0n) is 10.5. The fourth-order valence-corrected chi connectivity index (χ4v) is 2.34. The van der Waals surface area contributed by atoms with Crippen molar-refractivity contribution in [1.82, 2.24) is 14.9 Å². The lowest BCUT2D eigenvalue weighted by Crippen LogP contribution is -2.35. The van der Waals surface area contributed by atoms with Gasteiger partial charge in [-0.3, -0.25) is 0 Å². The number of nitrogens with two attached hydrogens (primary N) is 1. The van der Waals surface area contributed by atoms with Crippen LogP contribution < -0.4 is 10.5 Å². The Hall–Kier alpha value is -1.75. The number of aromatic nitrogens is 2. The summed E-state index contributed by atoms with van der Waals surface area (Å²) in [5, 5.41) is 1.02. The van der Waals surface area contributed by atoms with Crippen LogP contribution in [0.2, 0.25) is 0 Å². The second kappa shape index (κ2) is 4.49. The van der Waals surface area contributed by atoms with E-state index in [9.17, 15) is 0 Å². The molecule has 2 aromatic heterocycles. The molecule has 0 aromatic carbocycles. The minimum atomic E-state index is 0.225. The Morgan fingerprint density at radius 1 is 1.44 bits per heavy atom. The van der Waals surface area contributed by atoms with Crippen LogP contribution in [-0.2, 0) is 0 Å². The topological polar surface area (TPSA) is 67.2 Å². The lowest BCUT2D eigenvalue weighted by atomic mass is 10.1. The van der Waals surface area contributed by atoms with Crippen molar-refractivity contribution >= 4 is 16.7 Å². The smallest absolute Gasteiger partial charge is 0.239 e. The van der Waals surface area contributed by atoms with Crippen LogP contribution in [0.1, 0.15) is 12.8 Å². The maximum Gasteiger partial charge on any atom is 0.239 e. The van der Waals surface area contributed by atoms with Crippen molar-refractivity contribution in [2.45, 2.75) is 18.9 Å². The monoisotopic (exact) mass is 246 g/mol. The first kappa shape index (κ1) is 11.3. The van der Waals surface area contributed by atoms with Gasteiger partial charge in [0.25, 0.3) is 0 Å². The summed E-state index contributed by atoms with van der Waals surface area (Å²) in [4.78, 5) is 9.82. The molecule has 0 amide bonds. The molecule has 18 heavy (non-hydrogen) atoms. The van der Waals surface area contributed by atoms with E-state index in [4.69, 9.17) is 10.5 Å². The number of piperidine rings is 1. The Morgan fingerprint density at radius 3 is 3.00 bits per heavy atom. The number of rotatable bonds is 2. The summed E-state index contributed by atoms with van der Waals surface area (Å²) >= 11 is 0. The molecule has 0 radical (unpaired) electrons. The van der Waals surface area contributed by atoms with Crippen LogP contribution in [0.15, 0.2) is 18.3 Å². The van der Waals surface area contributed by atoms with Crippen molar-refractivity contribution < 1.29 is 4.74 Å². The normalized spacial score (nSPS) is 18.3. The molecular weight excluding hydrogens is 228 g/mol. The molecule has 1 aliphatic rings. The molecule has 0 bridgehead atoms. The van der Waals surface area contributed by atoms with Gasteiger partial charge in [0.1, 0.15) is 11.8 Å². The maximum atomic E-state index is 5.98. The molecule has 0 atom stereocenters. The Morgan fingerprint density at radius 2 is 2.22 bits per heavy atom. The van der Waals surface area contributed by atoms with Crippen molar-refractivity contribution in [3.05, 3.63) is 18.3 Å². The van der Waals surface area contributed by atoms with E-state index in [1.54, 1.807) is 0 Å². The molecule has 1 aliphatic heterocycles. The van der Waals surface area contributed by atoms with Gasteiger partial charge in [0.2, 0.25) is 5.88 Å². The molecule has 96 valence electrons. The number of nitrogens with one attached hydrogen (secondary N) is 1. The first-order valence-corrected chi connectivity index (χ1v) is 6.31. The van der Waals surface area contributed by atoms with Crippen molar-refractivity contribution in [1.29, 1.82) is 0 Å². The molecule has 0 spiro atoms. The van der Waals surface area contributed by atoms with Crippen LogP contribution >= 0.6 is 0 Å². The highest BCUT2D eigenvalue weighted by molar-refractivity contribution is 5.80. The van der Waals surface area contributed by atoms with Gasteiger partial charge in [-0.2, -0.15) is 4.98 Å². The molecule has 3 heterocycles. The van der Waals surface area contributed by atoms with Crippen molar-refractivity contribution in [2.75, 3.05) is 25.9 Å². The minimum Gasteiger partial charge on any atom is -0.473 e. The predicted molar refractivity (Wildman–Crippen MR) is 71.7 cm³/mol. The van der Waals surface area contributed by atoms with E-state index in [0.29, 0.717) is 11.6 Å². The number of hydrogen-bond acceptors (Lipinski definition) is 4. The van der Waals surface area contributed by atoms with Crippen molar-refractivity contribution in [3.63, 3.8) is 0 Å². The average Bonchev–Trinajstić information content (AvgIpc) is 2.79. The Kier molecular flexibility index (Phi) is 2.83. The van der Waals surface area contributed by atoms with Crippen molar-refractivity contribution in [2.24, 2.45) is 0 Å². The summed E-state index contributed by atoms with van der Waals surface area (Å²) < 4.78 is 5.93. The third kappa shape index (κ3) is 2.13. The Bertz CT molecular complexity index is 543. The quantitative estimate of drug-likeness (QED) is 0.845. The van der Waals surface area contributed by atoms with Gasteiger partial charge in [-0.15, -0.1) is 0 Å². The predicted octanol–water partition coefficient (Wildman–Crippen LogP) is 1.62. The number of aromatic amines is 1. The number of hydrogen-bond donors (Lipinski definition) is 2. The number of nitrogen functional groups attached to an aromatic ring is 1. The maximum absolute atomic E-state index is 5.98. The van der Waals surface area contributed by atoms with E-state index in [-0.39, 0.29) is 6.10 Å². The Balaban J connectivity index is 1.79. The summed E-state index contributed by atoms with van der Waals surface area (Å²) in [5.74, 6) is 0.555. The van der Waals surface area contributed by atoms with Crippen LogP contribution in [0.4, 0.5) is 5.69 Å². The first-order chi connectivity index (χ1) is 8.72. The molecule has 3 rings (SSSR count). The fraction of sp³-hybridized carbons (Fsp3) is 0.462. The zero-order chi connectivity index (χ0) is 12.5. The molecule has 5 nitrogen and oxygen atoms in total. The third-order valence-electron chi connectivity index (χ3n) is 3.47. The number of anilines is 1. The molecular formula is C13H18N4O. The van der Waals surface area contributed by atoms with E-state index in [1.807, 2.05) is 18.3 Å². The molecule has 5 heteroatoms. The highest BCUT2D eigenvalue weighted by Gasteiger charge is 2.19. The van der Waals surface area contributed by atoms with E-state index < -0.39 is 0 Å². The molecule has 0 unspecified atom stereocenters.